The predicted octanol–water partition coefficient (Wildman–Crippen LogP) is 5.13. The zero-order valence-electron chi connectivity index (χ0n) is 12.2. The molecule has 2 N–H and O–H groups in total. The molecule has 2 rings (SSSR count). The number of rotatable bonds is 1. The lowest BCUT2D eigenvalue weighted by Gasteiger charge is -2.01. The summed E-state index contributed by atoms with van der Waals surface area (Å²) in [5, 5.41) is 12.0. The zero-order valence-corrected chi connectivity index (χ0v) is 12.2. The Kier molecular flexibility index (Phi) is 9.41. The summed E-state index contributed by atoms with van der Waals surface area (Å²) in [5.74, 6) is 0.659. The highest BCUT2D eigenvalue weighted by Gasteiger charge is 1.93. The average molecular weight is 260 g/mol. The maximum absolute atomic E-state index is 6.00. The number of benzene rings is 2. The van der Waals surface area contributed by atoms with Crippen LogP contribution in [0.15, 0.2) is 54.6 Å². The molecule has 2 heteroatoms. The van der Waals surface area contributed by atoms with E-state index in [-0.39, 0.29) is 0 Å². The van der Waals surface area contributed by atoms with E-state index in [0.29, 0.717) is 5.92 Å². The van der Waals surface area contributed by atoms with Crippen LogP contribution in [0.2, 0.25) is 0 Å². The van der Waals surface area contributed by atoms with Crippen LogP contribution in [-0.2, 0) is 0 Å². The molecule has 2 nitrogen and oxygen atoms in total. The van der Waals surface area contributed by atoms with E-state index in [2.05, 4.69) is 76.2 Å². The van der Waals surface area contributed by atoms with Gasteiger partial charge in [-0.3, -0.25) is 10.5 Å². The Balaban J connectivity index is 0.000000303. The fraction of sp³-hybridized carbons (Fsp3) is 0.294. The quantitative estimate of drug-likeness (QED) is 0.551. The van der Waals surface area contributed by atoms with E-state index in [1.807, 2.05) is 6.07 Å². The maximum Gasteiger partial charge on any atom is -0.0219 e. The first-order valence-electron chi connectivity index (χ1n) is 6.38. The summed E-state index contributed by atoms with van der Waals surface area (Å²) in [5.41, 5.74) is 4.15. The first-order chi connectivity index (χ1) is 9.11. The third-order valence-electron chi connectivity index (χ3n) is 2.89. The van der Waals surface area contributed by atoms with Crippen LogP contribution in [0.4, 0.5) is 0 Å². The molecule has 0 amide bonds. The molecule has 0 bridgehead atoms. The summed E-state index contributed by atoms with van der Waals surface area (Å²) in [4.78, 5) is 0. The standard InChI is InChI=1S/C9H12.C8H10.H2O2/c1-8(2)9-6-4-3-5-7-9;1-7-5-3-4-6-8(7)2;1-2/h3-8H,1-2H3;3-6H,1-2H3;1-2H. The van der Waals surface area contributed by atoms with Gasteiger partial charge in [0.25, 0.3) is 0 Å². The predicted molar refractivity (Wildman–Crippen MR) is 81.7 cm³/mol. The van der Waals surface area contributed by atoms with Gasteiger partial charge in [0.15, 0.2) is 0 Å². The second kappa shape index (κ2) is 10.3. The lowest BCUT2D eigenvalue weighted by molar-refractivity contribution is -0.176. The molecule has 0 spiro atoms. The van der Waals surface area contributed by atoms with Gasteiger partial charge < -0.3 is 0 Å². The monoisotopic (exact) mass is 260 g/mol. The highest BCUT2D eigenvalue weighted by atomic mass is 17.0. The Bertz CT molecular complexity index is 415. The molecule has 104 valence electrons. The minimum absolute atomic E-state index is 0.659. The molecule has 2 aromatic rings. The van der Waals surface area contributed by atoms with Crippen molar-refractivity contribution < 1.29 is 10.5 Å². The molecule has 0 atom stereocenters. The van der Waals surface area contributed by atoms with Crippen molar-refractivity contribution in [2.45, 2.75) is 33.6 Å². The van der Waals surface area contributed by atoms with E-state index < -0.39 is 0 Å². The van der Waals surface area contributed by atoms with Crippen molar-refractivity contribution in [2.24, 2.45) is 0 Å². The van der Waals surface area contributed by atoms with Gasteiger partial charge in [-0.05, 0) is 36.5 Å². The van der Waals surface area contributed by atoms with Crippen molar-refractivity contribution in [2.75, 3.05) is 0 Å². The second-order valence-electron chi connectivity index (χ2n) is 4.65. The van der Waals surface area contributed by atoms with Crippen molar-refractivity contribution in [3.63, 3.8) is 0 Å². The normalized spacial score (nSPS) is 9.00. The summed E-state index contributed by atoms with van der Waals surface area (Å²) >= 11 is 0. The minimum Gasteiger partial charge on any atom is -0.255 e. The maximum atomic E-state index is 6.00. The molecule has 0 aromatic heterocycles. The first-order valence-corrected chi connectivity index (χ1v) is 6.38. The van der Waals surface area contributed by atoms with Crippen molar-refractivity contribution in [1.82, 2.24) is 0 Å². The third-order valence-corrected chi connectivity index (χ3v) is 2.89. The largest absolute Gasteiger partial charge is 0.255 e. The minimum atomic E-state index is 0.659. The zero-order chi connectivity index (χ0) is 14.7. The Morgan fingerprint density at radius 3 is 1.32 bits per heavy atom. The van der Waals surface area contributed by atoms with Crippen molar-refractivity contribution in [3.8, 4) is 0 Å². The van der Waals surface area contributed by atoms with Crippen molar-refractivity contribution >= 4 is 0 Å². The molecule has 0 saturated carbocycles. The molecule has 0 radical (unpaired) electrons. The van der Waals surface area contributed by atoms with Crippen LogP contribution in [0, 0.1) is 13.8 Å². The number of hydrogen-bond donors (Lipinski definition) is 2. The Morgan fingerprint density at radius 1 is 0.684 bits per heavy atom. The highest BCUT2D eigenvalue weighted by Crippen LogP contribution is 2.11. The van der Waals surface area contributed by atoms with E-state index in [1.165, 1.54) is 16.7 Å². The van der Waals surface area contributed by atoms with E-state index in [1.54, 1.807) is 0 Å². The van der Waals surface area contributed by atoms with Gasteiger partial charge in [0, 0.05) is 0 Å². The Hall–Kier alpha value is -1.64. The van der Waals surface area contributed by atoms with Crippen molar-refractivity contribution in [3.05, 3.63) is 71.3 Å². The molecule has 2 aromatic carbocycles. The van der Waals surface area contributed by atoms with E-state index in [0.717, 1.165) is 0 Å². The van der Waals surface area contributed by atoms with Gasteiger partial charge in [-0.25, -0.2) is 0 Å². The lowest BCUT2D eigenvalue weighted by Crippen LogP contribution is -1.83. The summed E-state index contributed by atoms with van der Waals surface area (Å²) in [6.07, 6.45) is 0. The van der Waals surface area contributed by atoms with Crippen LogP contribution in [0.5, 0.6) is 0 Å². The van der Waals surface area contributed by atoms with Crippen LogP contribution in [0.3, 0.4) is 0 Å². The Labute approximate surface area is 116 Å². The molecular formula is C17H24O2. The SMILES string of the molecule is CC(C)c1ccccc1.Cc1ccccc1C.OO. The van der Waals surface area contributed by atoms with Gasteiger partial charge in [-0.1, -0.05) is 68.4 Å². The molecule has 0 aliphatic rings. The molecule has 0 aliphatic heterocycles. The van der Waals surface area contributed by atoms with E-state index in [9.17, 15) is 0 Å². The van der Waals surface area contributed by atoms with Gasteiger partial charge >= 0.3 is 0 Å². The van der Waals surface area contributed by atoms with Crippen LogP contribution in [0.25, 0.3) is 0 Å². The van der Waals surface area contributed by atoms with Gasteiger partial charge in [0.05, 0.1) is 0 Å². The first kappa shape index (κ1) is 17.4. The van der Waals surface area contributed by atoms with Gasteiger partial charge in [-0.2, -0.15) is 0 Å². The smallest absolute Gasteiger partial charge is 0.0219 e. The van der Waals surface area contributed by atoms with Crippen LogP contribution >= 0.6 is 0 Å². The number of aryl methyl sites for hydroxylation is 2. The van der Waals surface area contributed by atoms with E-state index in [4.69, 9.17) is 10.5 Å². The molecule has 0 saturated heterocycles. The van der Waals surface area contributed by atoms with Gasteiger partial charge in [0.1, 0.15) is 0 Å². The van der Waals surface area contributed by atoms with Crippen LogP contribution < -0.4 is 0 Å². The fourth-order valence-electron chi connectivity index (χ4n) is 1.50. The Morgan fingerprint density at radius 2 is 1.05 bits per heavy atom. The summed E-state index contributed by atoms with van der Waals surface area (Å²) in [7, 11) is 0. The van der Waals surface area contributed by atoms with Crippen LogP contribution in [-0.4, -0.2) is 10.5 Å². The molecule has 0 heterocycles. The summed E-state index contributed by atoms with van der Waals surface area (Å²) in [6, 6.07) is 18.9. The molecule has 19 heavy (non-hydrogen) atoms. The molecule has 0 unspecified atom stereocenters. The third kappa shape index (κ3) is 7.39. The highest BCUT2D eigenvalue weighted by molar-refractivity contribution is 5.23. The fourth-order valence-corrected chi connectivity index (χ4v) is 1.50. The van der Waals surface area contributed by atoms with Gasteiger partial charge in [-0.15, -0.1) is 0 Å². The van der Waals surface area contributed by atoms with Crippen molar-refractivity contribution in [1.29, 1.82) is 0 Å². The summed E-state index contributed by atoms with van der Waals surface area (Å²) in [6.45, 7) is 8.65. The summed E-state index contributed by atoms with van der Waals surface area (Å²) < 4.78 is 0. The average Bonchev–Trinajstić information content (AvgIpc) is 2.46. The van der Waals surface area contributed by atoms with Crippen LogP contribution in [0.1, 0.15) is 36.5 Å². The lowest BCUT2D eigenvalue weighted by atomic mass is 10.0. The molecule has 0 fully saturated rings. The van der Waals surface area contributed by atoms with E-state index >= 15 is 0 Å². The topological polar surface area (TPSA) is 40.5 Å². The van der Waals surface area contributed by atoms with Gasteiger partial charge in [0.2, 0.25) is 0 Å². The molecule has 0 aliphatic carbocycles. The number of hydrogen-bond acceptors (Lipinski definition) is 2. The second-order valence-corrected chi connectivity index (χ2v) is 4.65. The molecular weight excluding hydrogens is 236 g/mol.